The number of alkyl carbamates (subject to hydrolysis) is 1. The highest BCUT2D eigenvalue weighted by atomic mass is 35.5. The fourth-order valence-electron chi connectivity index (χ4n) is 6.49. The Morgan fingerprint density at radius 2 is 1.09 bits per heavy atom. The van der Waals surface area contributed by atoms with Crippen molar-refractivity contribution < 1.29 is 37.4 Å². The maximum Gasteiger partial charge on any atom is 0.407 e. The lowest BCUT2D eigenvalue weighted by Crippen LogP contribution is -2.44. The quantitative estimate of drug-likeness (QED) is 0.0753. The molecule has 310 valence electrons. The molecule has 2 aromatic heterocycles. The van der Waals surface area contributed by atoms with Gasteiger partial charge in [0.15, 0.2) is 0 Å². The molecule has 2 heterocycles. The number of nitrogens with one attached hydrogen (secondary N) is 4. The number of carbonyl (C=O) groups excluding carboxylic acids is 3. The van der Waals surface area contributed by atoms with Gasteiger partial charge in [-0.2, -0.15) is 0 Å². The van der Waals surface area contributed by atoms with Gasteiger partial charge in [0.25, 0.3) is 11.8 Å². The Morgan fingerprint density at radius 1 is 0.672 bits per heavy atom. The first-order valence-corrected chi connectivity index (χ1v) is 21.8. The zero-order chi connectivity index (χ0) is 41.4. The van der Waals surface area contributed by atoms with E-state index >= 15 is 0 Å². The van der Waals surface area contributed by atoms with Crippen LogP contribution in [0.15, 0.2) is 82.8 Å². The summed E-state index contributed by atoms with van der Waals surface area (Å²) in [6.45, 7) is 2.08. The maximum absolute atomic E-state index is 13.8. The van der Waals surface area contributed by atoms with Gasteiger partial charge >= 0.3 is 6.09 Å². The molecule has 2 aromatic carbocycles. The van der Waals surface area contributed by atoms with Crippen molar-refractivity contribution in [1.82, 2.24) is 30.8 Å². The second-order valence-corrected chi connectivity index (χ2v) is 15.6. The van der Waals surface area contributed by atoms with Crippen LogP contribution in [0.5, 0.6) is 23.3 Å². The lowest BCUT2D eigenvalue weighted by molar-refractivity contribution is 0.0911. The van der Waals surface area contributed by atoms with Gasteiger partial charge in [0, 0.05) is 34.0 Å². The third kappa shape index (κ3) is 13.5. The molecule has 58 heavy (non-hydrogen) atoms. The van der Waals surface area contributed by atoms with Crippen LogP contribution in [0, 0.1) is 11.6 Å². The van der Waals surface area contributed by atoms with Crippen LogP contribution in [-0.4, -0.2) is 71.2 Å². The number of thioether (sulfide) groups is 2. The van der Waals surface area contributed by atoms with Crippen molar-refractivity contribution in [2.75, 3.05) is 19.1 Å². The summed E-state index contributed by atoms with van der Waals surface area (Å²) in [6, 6.07) is 17.3. The fraction of sp³-hybridized carbons (Fsp3) is 0.390. The average molecular weight is 857 g/mol. The van der Waals surface area contributed by atoms with Crippen LogP contribution in [0.25, 0.3) is 0 Å². The summed E-state index contributed by atoms with van der Waals surface area (Å²) < 4.78 is 44.0. The molecule has 0 radical (unpaired) electrons. The summed E-state index contributed by atoms with van der Waals surface area (Å²) in [6.07, 6.45) is 11.7. The van der Waals surface area contributed by atoms with Crippen molar-refractivity contribution in [3.05, 3.63) is 95.8 Å². The van der Waals surface area contributed by atoms with Gasteiger partial charge in [-0.1, -0.05) is 12.1 Å². The molecular formula is C41H47ClF2N6O6S2. The Labute approximate surface area is 350 Å². The third-order valence-corrected chi connectivity index (χ3v) is 11.3. The van der Waals surface area contributed by atoms with Gasteiger partial charge in [0.1, 0.15) is 34.3 Å². The third-order valence-electron chi connectivity index (χ3n) is 9.51. The zero-order valence-corrected chi connectivity index (χ0v) is 34.8. The van der Waals surface area contributed by atoms with Gasteiger partial charge in [0.05, 0.1) is 19.0 Å². The van der Waals surface area contributed by atoms with E-state index in [-0.39, 0.29) is 53.0 Å². The van der Waals surface area contributed by atoms with E-state index < -0.39 is 23.6 Å². The molecule has 2 saturated carbocycles. The number of aromatic nitrogens is 2. The summed E-state index contributed by atoms with van der Waals surface area (Å²) in [5.41, 5.74) is 0.128. The molecule has 6 rings (SSSR count). The van der Waals surface area contributed by atoms with E-state index in [2.05, 4.69) is 30.8 Å². The molecule has 0 atom stereocenters. The standard InChI is InChI=1S/C22H26FN3O4S.C19H21ClFN3O2S/c1-3-29-22(28)26-16-9-7-15(8-10-16)25-20(27)19-11-14(23)13-24-21(19)30-17-5-4-6-18(12-17)31-2;1-27-16-4-2-3-15(10-16)26-19-17(9-12(21)11-22-19)18(25)23-13-5-7-14(24-20)8-6-13/h4-6,11-13,15-16H,3,7-10H2,1-2H3,(H,25,27)(H,26,28);2-4,9-11,13-14,24H,5-8H2,1H3,(H,23,25). The molecule has 0 spiro atoms. The van der Waals surface area contributed by atoms with E-state index in [1.54, 1.807) is 42.6 Å². The molecule has 12 nitrogen and oxygen atoms in total. The van der Waals surface area contributed by atoms with Crippen molar-refractivity contribution in [1.29, 1.82) is 0 Å². The summed E-state index contributed by atoms with van der Waals surface area (Å²) in [5.74, 6) is -0.824. The van der Waals surface area contributed by atoms with Crippen molar-refractivity contribution in [3.63, 3.8) is 0 Å². The predicted molar refractivity (Wildman–Crippen MR) is 221 cm³/mol. The van der Waals surface area contributed by atoms with E-state index in [1.165, 1.54) is 0 Å². The molecule has 0 unspecified atom stereocenters. The Bertz CT molecular complexity index is 2000. The Hall–Kier alpha value is -4.64. The van der Waals surface area contributed by atoms with Crippen molar-refractivity contribution in [3.8, 4) is 23.3 Å². The molecule has 2 aliphatic rings. The normalized spacial score (nSPS) is 18.8. The Balaban J connectivity index is 0.000000223. The first-order valence-electron chi connectivity index (χ1n) is 18.9. The lowest BCUT2D eigenvalue weighted by atomic mass is 9.91. The van der Waals surface area contributed by atoms with Gasteiger partial charge in [-0.25, -0.2) is 28.4 Å². The molecule has 0 aliphatic heterocycles. The number of hydrogen-bond acceptors (Lipinski definition) is 11. The Kier molecular flexibility index (Phi) is 17.2. The number of amides is 3. The molecule has 4 aromatic rings. The number of benzene rings is 2. The van der Waals surface area contributed by atoms with Crippen LogP contribution in [0.2, 0.25) is 0 Å². The average Bonchev–Trinajstić information content (AvgIpc) is 3.23. The highest BCUT2D eigenvalue weighted by molar-refractivity contribution is 7.98. The second kappa shape index (κ2) is 22.5. The van der Waals surface area contributed by atoms with Gasteiger partial charge in [-0.3, -0.25) is 9.59 Å². The van der Waals surface area contributed by atoms with Gasteiger partial charge < -0.3 is 30.2 Å². The predicted octanol–water partition coefficient (Wildman–Crippen LogP) is 9.04. The molecule has 4 N–H and O–H groups in total. The molecule has 0 bridgehead atoms. The van der Waals surface area contributed by atoms with Crippen molar-refractivity contribution in [2.24, 2.45) is 0 Å². The number of nitrogens with zero attached hydrogens (tertiary/aromatic N) is 2. The highest BCUT2D eigenvalue weighted by Crippen LogP contribution is 2.30. The number of rotatable bonds is 13. The monoisotopic (exact) mass is 856 g/mol. The van der Waals surface area contributed by atoms with Crippen molar-refractivity contribution >= 4 is 53.2 Å². The SMILES string of the molecule is CCOC(=O)NC1CCC(NC(=O)c2cc(F)cnc2Oc2cccc(SC)c2)CC1.CSc1cccc(Oc2ncc(F)cc2C(=O)NC2CCC(NCl)CC2)c1. The number of halogens is 3. The number of hydrogen-bond donors (Lipinski definition) is 4. The fourth-order valence-corrected chi connectivity index (χ4v) is 7.60. The maximum atomic E-state index is 13.8. The van der Waals surface area contributed by atoms with E-state index in [0.717, 1.165) is 72.8 Å². The van der Waals surface area contributed by atoms with Crippen LogP contribution < -0.4 is 30.3 Å². The summed E-state index contributed by atoms with van der Waals surface area (Å²) in [7, 11) is 0. The van der Waals surface area contributed by atoms with E-state index in [0.29, 0.717) is 30.9 Å². The first-order chi connectivity index (χ1) is 28.1. The van der Waals surface area contributed by atoms with Crippen LogP contribution in [0.3, 0.4) is 0 Å². The van der Waals surface area contributed by atoms with Crippen LogP contribution in [0.1, 0.15) is 79.0 Å². The molecule has 17 heteroatoms. The Morgan fingerprint density at radius 3 is 1.48 bits per heavy atom. The minimum absolute atomic E-state index is 0.0191. The largest absolute Gasteiger partial charge is 0.450 e. The smallest absolute Gasteiger partial charge is 0.407 e. The highest BCUT2D eigenvalue weighted by Gasteiger charge is 2.27. The van der Waals surface area contributed by atoms with Crippen LogP contribution in [-0.2, 0) is 4.74 Å². The number of ether oxygens (including phenoxy) is 3. The van der Waals surface area contributed by atoms with E-state index in [4.69, 9.17) is 26.0 Å². The molecule has 3 amide bonds. The molecule has 0 saturated heterocycles. The topological polar surface area (TPSA) is 153 Å². The summed E-state index contributed by atoms with van der Waals surface area (Å²) in [5, 5.41) is 8.72. The molecule has 2 aliphatic carbocycles. The molecule has 2 fully saturated rings. The van der Waals surface area contributed by atoms with Crippen LogP contribution >= 0.6 is 35.3 Å². The zero-order valence-electron chi connectivity index (χ0n) is 32.4. The van der Waals surface area contributed by atoms with E-state index in [1.807, 2.05) is 48.9 Å². The molecular weight excluding hydrogens is 810 g/mol. The lowest BCUT2D eigenvalue weighted by Gasteiger charge is -2.29. The van der Waals surface area contributed by atoms with Gasteiger partial charge in [-0.15, -0.1) is 23.5 Å². The van der Waals surface area contributed by atoms with Gasteiger partial charge in [-0.05, 0) is 131 Å². The minimum atomic E-state index is -0.613. The number of carbonyl (C=O) groups is 3. The minimum Gasteiger partial charge on any atom is -0.450 e. The second-order valence-electron chi connectivity index (χ2n) is 13.6. The van der Waals surface area contributed by atoms with E-state index in [9.17, 15) is 23.2 Å². The van der Waals surface area contributed by atoms with Gasteiger partial charge in [0.2, 0.25) is 11.8 Å². The summed E-state index contributed by atoms with van der Waals surface area (Å²) in [4.78, 5) is 49.8. The van der Waals surface area contributed by atoms with Crippen LogP contribution in [0.4, 0.5) is 13.6 Å². The number of pyridine rings is 2. The summed E-state index contributed by atoms with van der Waals surface area (Å²) >= 11 is 8.80. The van der Waals surface area contributed by atoms with Crippen molar-refractivity contribution in [2.45, 2.75) is 92.2 Å². The first kappa shape index (κ1) is 44.5.